The monoisotopic (exact) mass is 329 g/mol. The fourth-order valence-corrected chi connectivity index (χ4v) is 4.53. The maximum absolute atomic E-state index is 11.1. The smallest absolute Gasteiger partial charge is 0.274 e. The number of β-lactam (4-membered cyclic amide) rings is 1. The molecule has 2 heterocycles. The fraction of sp³-hybridized carbons (Fsp3) is 0.286. The Kier molecular flexibility index (Phi) is 2.83. The van der Waals surface area contributed by atoms with E-state index in [9.17, 15) is 13.2 Å². The number of amides is 1. The number of thiophene rings is 1. The fourth-order valence-electron chi connectivity index (χ4n) is 1.42. The van der Waals surface area contributed by atoms with Crippen molar-refractivity contribution in [1.29, 1.82) is 0 Å². The van der Waals surface area contributed by atoms with Crippen LogP contribution in [0.3, 0.4) is 0 Å². The van der Waals surface area contributed by atoms with Gasteiger partial charge in [-0.05, 0) is 27.4 Å². The quantitative estimate of drug-likeness (QED) is 0.617. The Morgan fingerprint density at radius 3 is 2.67 bits per heavy atom. The van der Waals surface area contributed by atoms with Crippen LogP contribution in [0.15, 0.2) is 15.9 Å². The molecule has 0 bridgehead atoms. The van der Waals surface area contributed by atoms with Crippen molar-refractivity contribution < 1.29 is 13.2 Å². The Balaban J connectivity index is 2.35. The molecule has 1 aliphatic heterocycles. The Hall–Kier alpha value is -0.110. The van der Waals surface area contributed by atoms with Crippen LogP contribution in [-0.4, -0.2) is 18.6 Å². The molecule has 0 aliphatic carbocycles. The minimum atomic E-state index is -3.97. The zero-order chi connectivity index (χ0) is 11.2. The molecule has 1 fully saturated rings. The molecule has 15 heavy (non-hydrogen) atoms. The minimum Gasteiger partial charge on any atom is -0.274 e. The van der Waals surface area contributed by atoms with E-state index in [1.807, 2.05) is 11.4 Å². The van der Waals surface area contributed by atoms with Gasteiger partial charge in [0.15, 0.2) is 0 Å². The number of carbonyl (C=O) groups excluding carboxylic acids is 1. The zero-order valence-electron chi connectivity index (χ0n) is 7.18. The summed E-state index contributed by atoms with van der Waals surface area (Å²) >= 11 is 4.68. The highest BCUT2D eigenvalue weighted by atomic mass is 79.9. The molecule has 1 atom stereocenters. The molecular formula is C7H5BrClNO3S2. The highest BCUT2D eigenvalue weighted by Gasteiger charge is 2.45. The topological polar surface area (TPSA) is 54.5 Å². The molecule has 0 saturated carbocycles. The van der Waals surface area contributed by atoms with Crippen LogP contribution < -0.4 is 0 Å². The van der Waals surface area contributed by atoms with Gasteiger partial charge in [-0.25, -0.2) is 4.31 Å². The van der Waals surface area contributed by atoms with Crippen LogP contribution in [0, 0.1) is 0 Å². The van der Waals surface area contributed by atoms with Gasteiger partial charge in [-0.1, -0.05) is 0 Å². The first-order valence-corrected chi connectivity index (χ1v) is 7.85. The summed E-state index contributed by atoms with van der Waals surface area (Å²) in [6, 6.07) is 1.36. The Labute approximate surface area is 104 Å². The maximum Gasteiger partial charge on any atom is 0.324 e. The molecule has 1 aromatic rings. The predicted octanol–water partition coefficient (Wildman–Crippen LogP) is 2.27. The first-order valence-electron chi connectivity index (χ1n) is 3.91. The second-order valence-corrected chi connectivity index (χ2v) is 7.17. The summed E-state index contributed by atoms with van der Waals surface area (Å²) in [4.78, 5) is 12.0. The summed E-state index contributed by atoms with van der Waals surface area (Å²) in [6.07, 6.45) is 0.186. The van der Waals surface area contributed by atoms with Gasteiger partial charge >= 0.3 is 9.24 Å². The largest absolute Gasteiger partial charge is 0.324 e. The number of rotatable bonds is 2. The molecule has 2 rings (SSSR count). The van der Waals surface area contributed by atoms with Gasteiger partial charge in [0, 0.05) is 20.0 Å². The predicted molar refractivity (Wildman–Crippen MR) is 61.0 cm³/mol. The van der Waals surface area contributed by atoms with Crippen LogP contribution >= 0.6 is 37.9 Å². The second kappa shape index (κ2) is 3.73. The van der Waals surface area contributed by atoms with Crippen LogP contribution in [0.4, 0.5) is 0 Å². The molecule has 1 amide bonds. The van der Waals surface area contributed by atoms with Crippen molar-refractivity contribution in [2.75, 3.05) is 0 Å². The molecule has 4 nitrogen and oxygen atoms in total. The van der Waals surface area contributed by atoms with Crippen LogP contribution in [0.5, 0.6) is 0 Å². The van der Waals surface area contributed by atoms with E-state index in [4.69, 9.17) is 10.7 Å². The minimum absolute atomic E-state index is 0.186. The number of carbonyl (C=O) groups is 1. The van der Waals surface area contributed by atoms with Gasteiger partial charge in [-0.3, -0.25) is 4.79 Å². The molecule has 0 spiro atoms. The first-order chi connectivity index (χ1) is 6.91. The Bertz CT molecular complexity index is 512. The number of nitrogens with zero attached hydrogens (tertiary/aromatic N) is 1. The van der Waals surface area contributed by atoms with Gasteiger partial charge in [0.25, 0.3) is 0 Å². The number of hydrogen-bond donors (Lipinski definition) is 0. The van der Waals surface area contributed by atoms with Gasteiger partial charge in [0.2, 0.25) is 5.91 Å². The van der Waals surface area contributed by atoms with E-state index < -0.39 is 21.2 Å². The van der Waals surface area contributed by atoms with Gasteiger partial charge in [0.1, 0.15) is 0 Å². The highest BCUT2D eigenvalue weighted by Crippen LogP contribution is 2.43. The van der Waals surface area contributed by atoms with Crippen molar-refractivity contribution in [3.05, 3.63) is 20.8 Å². The molecule has 82 valence electrons. The molecule has 0 aromatic carbocycles. The Morgan fingerprint density at radius 1 is 1.60 bits per heavy atom. The summed E-state index contributed by atoms with van der Waals surface area (Å²) in [5.74, 6) is -0.463. The zero-order valence-corrected chi connectivity index (χ0v) is 11.2. The lowest BCUT2D eigenvalue weighted by Crippen LogP contribution is -2.47. The van der Waals surface area contributed by atoms with Crippen molar-refractivity contribution in [1.82, 2.24) is 4.31 Å². The lowest BCUT2D eigenvalue weighted by Gasteiger charge is -2.36. The molecule has 8 heteroatoms. The Morgan fingerprint density at radius 2 is 2.27 bits per heavy atom. The van der Waals surface area contributed by atoms with Gasteiger partial charge in [0.05, 0.1) is 12.5 Å². The molecule has 1 saturated heterocycles. The van der Waals surface area contributed by atoms with Crippen molar-refractivity contribution in [3.8, 4) is 0 Å². The maximum atomic E-state index is 11.1. The summed E-state index contributed by atoms with van der Waals surface area (Å²) in [6.45, 7) is 0. The number of hydrogen-bond acceptors (Lipinski definition) is 4. The lowest BCUT2D eigenvalue weighted by atomic mass is 10.1. The van der Waals surface area contributed by atoms with Gasteiger partial charge in [-0.15, -0.1) is 11.3 Å². The molecule has 1 aliphatic rings. The third-order valence-corrected chi connectivity index (χ3v) is 5.43. The third kappa shape index (κ3) is 1.93. The van der Waals surface area contributed by atoms with Crippen molar-refractivity contribution in [3.63, 3.8) is 0 Å². The lowest BCUT2D eigenvalue weighted by molar-refractivity contribution is -0.137. The highest BCUT2D eigenvalue weighted by molar-refractivity contribution is 9.10. The standard InChI is InChI=1S/C7H5BrClNO3S2/c8-4-1-2-14-7(4)5-3-6(11)10(5)15(9,12)13/h1-2,5H,3H2. The van der Waals surface area contributed by atoms with Gasteiger partial charge < -0.3 is 0 Å². The van der Waals surface area contributed by atoms with Crippen LogP contribution in [0.1, 0.15) is 17.3 Å². The third-order valence-electron chi connectivity index (χ3n) is 2.08. The van der Waals surface area contributed by atoms with E-state index in [0.717, 1.165) is 9.35 Å². The van der Waals surface area contributed by atoms with E-state index in [0.29, 0.717) is 4.31 Å². The van der Waals surface area contributed by atoms with Crippen molar-refractivity contribution in [2.24, 2.45) is 0 Å². The van der Waals surface area contributed by atoms with Gasteiger partial charge in [-0.2, -0.15) is 8.42 Å². The number of halogens is 2. The van der Waals surface area contributed by atoms with Crippen LogP contribution in [-0.2, 0) is 14.0 Å². The molecule has 0 radical (unpaired) electrons. The first kappa shape index (κ1) is 11.4. The molecular weight excluding hydrogens is 326 g/mol. The van der Waals surface area contributed by atoms with Crippen LogP contribution in [0.2, 0.25) is 0 Å². The molecule has 1 unspecified atom stereocenters. The summed E-state index contributed by atoms with van der Waals surface area (Å²) in [5, 5.41) is 1.82. The van der Waals surface area contributed by atoms with E-state index >= 15 is 0 Å². The normalized spacial score (nSPS) is 21.6. The second-order valence-electron chi connectivity index (χ2n) is 2.98. The van der Waals surface area contributed by atoms with Crippen molar-refractivity contribution >= 4 is 53.1 Å². The summed E-state index contributed by atoms with van der Waals surface area (Å²) in [7, 11) is 1.20. The average Bonchev–Trinajstić information content (AvgIpc) is 2.43. The SMILES string of the molecule is O=C1CC(c2sccc2Br)N1S(=O)(=O)Cl. The van der Waals surface area contributed by atoms with Crippen LogP contribution in [0.25, 0.3) is 0 Å². The average molecular weight is 331 g/mol. The van der Waals surface area contributed by atoms with E-state index in [-0.39, 0.29) is 6.42 Å². The van der Waals surface area contributed by atoms with E-state index in [1.54, 1.807) is 0 Å². The van der Waals surface area contributed by atoms with E-state index in [2.05, 4.69) is 15.9 Å². The molecule has 0 N–H and O–H groups in total. The van der Waals surface area contributed by atoms with Crippen molar-refractivity contribution in [2.45, 2.75) is 12.5 Å². The summed E-state index contributed by atoms with van der Waals surface area (Å²) < 4.78 is 23.7. The summed E-state index contributed by atoms with van der Waals surface area (Å²) in [5.41, 5.74) is 0. The molecule has 1 aromatic heterocycles. The van der Waals surface area contributed by atoms with E-state index in [1.165, 1.54) is 11.3 Å².